The lowest BCUT2D eigenvalue weighted by Crippen LogP contribution is -2.46. The van der Waals surface area contributed by atoms with Crippen LogP contribution < -0.4 is 10.1 Å². The smallest absolute Gasteiger partial charge is 0.323 e. The Hall–Kier alpha value is -2.82. The van der Waals surface area contributed by atoms with Crippen molar-refractivity contribution in [1.82, 2.24) is 5.32 Å². The van der Waals surface area contributed by atoms with E-state index in [0.29, 0.717) is 23.9 Å². The molecule has 0 saturated carbocycles. The van der Waals surface area contributed by atoms with Gasteiger partial charge in [-0.2, -0.15) is 0 Å². The highest BCUT2D eigenvalue weighted by Gasteiger charge is 2.25. The Morgan fingerprint density at radius 3 is 2.47 bits per heavy atom. The summed E-state index contributed by atoms with van der Waals surface area (Å²) in [7, 11) is 0. The minimum Gasteiger partial charge on any atom is -0.487 e. The largest absolute Gasteiger partial charge is 0.487 e. The molecule has 2 N–H and O–H groups in total. The lowest BCUT2D eigenvalue weighted by Gasteiger charge is -2.21. The van der Waals surface area contributed by atoms with Gasteiger partial charge in [-0.15, -0.1) is 0 Å². The molecule has 0 amide bonds. The third kappa shape index (κ3) is 5.21. The van der Waals surface area contributed by atoms with Gasteiger partial charge in [-0.1, -0.05) is 66.2 Å². The predicted octanol–water partition coefficient (Wildman–Crippen LogP) is 5.85. The van der Waals surface area contributed by atoms with Crippen LogP contribution >= 0.6 is 11.6 Å². The van der Waals surface area contributed by atoms with E-state index in [0.717, 1.165) is 11.1 Å². The number of ether oxygens (including phenoxy) is 1. The van der Waals surface area contributed by atoms with Crippen molar-refractivity contribution >= 4 is 17.6 Å². The highest BCUT2D eigenvalue weighted by atomic mass is 35.5. The standard InChI is InChI=1S/C25H26ClNO3/c1-17-20(10-7-11-21(17)19-8-5-4-6-9-19)16-30-23-13-12-18(14-22(23)26)15-27-25(2,3)24(28)29/h4-14,27H,15-16H2,1-3H3,(H,28,29). The average Bonchev–Trinajstić information content (AvgIpc) is 2.73. The van der Waals surface area contributed by atoms with Gasteiger partial charge in [0.15, 0.2) is 0 Å². The summed E-state index contributed by atoms with van der Waals surface area (Å²) in [6.45, 7) is 6.16. The van der Waals surface area contributed by atoms with Crippen LogP contribution in [0, 0.1) is 6.92 Å². The molecule has 0 aliphatic rings. The first-order valence-corrected chi connectivity index (χ1v) is 10.2. The Labute approximate surface area is 182 Å². The maximum Gasteiger partial charge on any atom is 0.323 e. The van der Waals surface area contributed by atoms with Crippen molar-refractivity contribution in [3.63, 3.8) is 0 Å². The van der Waals surface area contributed by atoms with Crippen molar-refractivity contribution in [2.45, 2.75) is 39.5 Å². The number of carboxylic acids is 1. The zero-order valence-electron chi connectivity index (χ0n) is 17.4. The van der Waals surface area contributed by atoms with E-state index in [1.807, 2.05) is 36.4 Å². The molecule has 30 heavy (non-hydrogen) atoms. The van der Waals surface area contributed by atoms with Crippen molar-refractivity contribution in [1.29, 1.82) is 0 Å². The van der Waals surface area contributed by atoms with Crippen molar-refractivity contribution in [3.05, 3.63) is 88.4 Å². The highest BCUT2D eigenvalue weighted by molar-refractivity contribution is 6.32. The fourth-order valence-electron chi connectivity index (χ4n) is 3.10. The summed E-state index contributed by atoms with van der Waals surface area (Å²) in [5.41, 5.74) is 4.52. The molecule has 156 valence electrons. The van der Waals surface area contributed by atoms with Crippen LogP contribution in [-0.4, -0.2) is 16.6 Å². The van der Waals surface area contributed by atoms with Gasteiger partial charge in [0, 0.05) is 6.54 Å². The van der Waals surface area contributed by atoms with Crippen LogP contribution in [0.5, 0.6) is 5.75 Å². The number of halogens is 1. The second kappa shape index (κ2) is 9.33. The monoisotopic (exact) mass is 423 g/mol. The van der Waals surface area contributed by atoms with E-state index in [1.54, 1.807) is 19.9 Å². The molecular weight excluding hydrogens is 398 g/mol. The summed E-state index contributed by atoms with van der Waals surface area (Å²) in [5, 5.41) is 12.7. The molecule has 0 saturated heterocycles. The summed E-state index contributed by atoms with van der Waals surface area (Å²) in [6, 6.07) is 22.0. The van der Waals surface area contributed by atoms with Gasteiger partial charge in [0.05, 0.1) is 5.02 Å². The SMILES string of the molecule is Cc1c(COc2ccc(CNC(C)(C)C(=O)O)cc2Cl)cccc1-c1ccccc1. The second-order valence-electron chi connectivity index (χ2n) is 7.79. The number of carbonyl (C=O) groups is 1. The van der Waals surface area contributed by atoms with Gasteiger partial charge in [0.25, 0.3) is 0 Å². The fraction of sp³-hybridized carbons (Fsp3) is 0.240. The van der Waals surface area contributed by atoms with E-state index in [2.05, 4.69) is 36.5 Å². The number of carboxylic acid groups (broad SMARTS) is 1. The van der Waals surface area contributed by atoms with Gasteiger partial charge in [0.1, 0.15) is 17.9 Å². The molecule has 0 unspecified atom stereocenters. The fourth-order valence-corrected chi connectivity index (χ4v) is 3.35. The molecule has 3 aromatic carbocycles. The van der Waals surface area contributed by atoms with Crippen LogP contribution in [0.2, 0.25) is 5.02 Å². The molecule has 0 aliphatic carbocycles. The van der Waals surface area contributed by atoms with Gasteiger partial charge >= 0.3 is 5.97 Å². The molecule has 3 rings (SSSR count). The van der Waals surface area contributed by atoms with E-state index < -0.39 is 11.5 Å². The van der Waals surface area contributed by atoms with Crippen molar-refractivity contribution in [3.8, 4) is 16.9 Å². The van der Waals surface area contributed by atoms with E-state index in [1.165, 1.54) is 16.7 Å². The zero-order valence-corrected chi connectivity index (χ0v) is 18.2. The van der Waals surface area contributed by atoms with Crippen LogP contribution in [0.15, 0.2) is 66.7 Å². The number of rotatable bonds is 8. The Morgan fingerprint density at radius 2 is 1.80 bits per heavy atom. The van der Waals surface area contributed by atoms with Crippen LogP contribution in [-0.2, 0) is 17.9 Å². The maximum atomic E-state index is 11.2. The first-order valence-electron chi connectivity index (χ1n) is 9.81. The molecule has 0 spiro atoms. The minimum absolute atomic E-state index is 0.400. The van der Waals surface area contributed by atoms with Gasteiger partial charge in [-0.3, -0.25) is 10.1 Å². The molecule has 0 aromatic heterocycles. The van der Waals surface area contributed by atoms with Gasteiger partial charge in [-0.25, -0.2) is 0 Å². The maximum absolute atomic E-state index is 11.2. The lowest BCUT2D eigenvalue weighted by molar-refractivity contribution is -0.143. The molecule has 0 heterocycles. The quantitative estimate of drug-likeness (QED) is 0.477. The summed E-state index contributed by atoms with van der Waals surface area (Å²) in [6.07, 6.45) is 0. The number of nitrogens with one attached hydrogen (secondary N) is 1. The summed E-state index contributed by atoms with van der Waals surface area (Å²) < 4.78 is 5.99. The Morgan fingerprint density at radius 1 is 1.07 bits per heavy atom. The number of hydrogen-bond donors (Lipinski definition) is 2. The van der Waals surface area contributed by atoms with Crippen LogP contribution in [0.25, 0.3) is 11.1 Å². The van der Waals surface area contributed by atoms with Crippen molar-refractivity contribution in [2.24, 2.45) is 0 Å². The number of aliphatic carboxylic acids is 1. The first kappa shape index (κ1) is 21.9. The number of benzene rings is 3. The Kier molecular flexibility index (Phi) is 6.80. The van der Waals surface area contributed by atoms with E-state index in [9.17, 15) is 9.90 Å². The summed E-state index contributed by atoms with van der Waals surface area (Å²) in [5.74, 6) is -0.302. The molecule has 0 aliphatic heterocycles. The van der Waals surface area contributed by atoms with E-state index in [-0.39, 0.29) is 0 Å². The second-order valence-corrected chi connectivity index (χ2v) is 8.20. The molecule has 0 bridgehead atoms. The summed E-state index contributed by atoms with van der Waals surface area (Å²) >= 11 is 6.41. The van der Waals surface area contributed by atoms with Gasteiger partial charge in [0.2, 0.25) is 0 Å². The van der Waals surface area contributed by atoms with Gasteiger partial charge in [-0.05, 0) is 60.7 Å². The molecule has 3 aromatic rings. The molecule has 5 heteroatoms. The molecule has 4 nitrogen and oxygen atoms in total. The average molecular weight is 424 g/mol. The summed E-state index contributed by atoms with van der Waals surface area (Å²) in [4.78, 5) is 11.2. The highest BCUT2D eigenvalue weighted by Crippen LogP contribution is 2.29. The predicted molar refractivity (Wildman–Crippen MR) is 121 cm³/mol. The van der Waals surface area contributed by atoms with Crippen LogP contribution in [0.1, 0.15) is 30.5 Å². The topological polar surface area (TPSA) is 58.6 Å². The zero-order chi connectivity index (χ0) is 21.7. The van der Waals surface area contributed by atoms with Gasteiger partial charge < -0.3 is 9.84 Å². The Balaban J connectivity index is 1.69. The third-order valence-electron chi connectivity index (χ3n) is 5.18. The van der Waals surface area contributed by atoms with Crippen molar-refractivity contribution < 1.29 is 14.6 Å². The molecule has 0 radical (unpaired) electrons. The van der Waals surface area contributed by atoms with E-state index >= 15 is 0 Å². The molecular formula is C25H26ClNO3. The number of hydrogen-bond acceptors (Lipinski definition) is 3. The van der Waals surface area contributed by atoms with E-state index in [4.69, 9.17) is 16.3 Å². The van der Waals surface area contributed by atoms with Crippen LogP contribution in [0.3, 0.4) is 0 Å². The lowest BCUT2D eigenvalue weighted by atomic mass is 9.97. The first-order chi connectivity index (χ1) is 14.3. The Bertz CT molecular complexity index is 1030. The third-order valence-corrected chi connectivity index (χ3v) is 5.47. The molecule has 0 atom stereocenters. The van der Waals surface area contributed by atoms with Crippen LogP contribution in [0.4, 0.5) is 0 Å². The minimum atomic E-state index is -1.01. The van der Waals surface area contributed by atoms with Crippen molar-refractivity contribution in [2.75, 3.05) is 0 Å². The molecule has 0 fully saturated rings. The normalized spacial score (nSPS) is 11.3.